The van der Waals surface area contributed by atoms with Gasteiger partial charge in [-0.25, -0.2) is 4.79 Å². The number of aliphatic hydroxyl groups excluding tert-OH is 20. The van der Waals surface area contributed by atoms with Crippen LogP contribution in [-0.2, 0) is 66.3 Å². The largest absolute Gasteiger partial charge is 0.478 e. The number of nitrogens with one attached hydrogen (secondary N) is 1. The minimum atomic E-state index is -2.31. The van der Waals surface area contributed by atoms with Crippen molar-refractivity contribution >= 4 is 11.9 Å². The molecule has 35 atom stereocenters. The molecule has 38 heteroatoms. The van der Waals surface area contributed by atoms with Gasteiger partial charge in [0.2, 0.25) is 0 Å². The lowest BCUT2D eigenvalue weighted by atomic mass is 9.95. The van der Waals surface area contributed by atoms with Gasteiger partial charge in [0.1, 0.15) is 171 Å². The number of hydrogen-bond acceptors (Lipinski definition) is 36. The Hall–Kier alpha value is -3.20. The lowest BCUT2D eigenvalue weighted by Crippen LogP contribution is -2.68. The number of benzene rings is 1. The molecule has 1 amide bonds. The van der Waals surface area contributed by atoms with Crippen molar-refractivity contribution in [3.8, 4) is 0 Å². The van der Waals surface area contributed by atoms with Gasteiger partial charge in [-0.15, -0.1) is 0 Å². The molecule has 0 unspecified atom stereocenters. The zero-order valence-corrected chi connectivity index (χ0v) is 45.9. The zero-order chi connectivity index (χ0) is 63.9. The SMILES string of the molecule is O=C(O)c1ccc(C(=O)NC[C@@H]2O[C@@H]3O[C@H]4[C@@H](O)[C@H](O)[C@@H](O[C@H]5[C@H](O)[C@H](O)[C@@H](O[C@H]6[C@H](O)[C@@H](O)[C@@H](O[C@H]7[C@H](O)[C@@H](O)[C@@H](O[C@H]8[C@H](O)[C@@H](O)[C@@H](O[C@H]9[C@H](O)[C@@H](O)[C@@H](O[C@H]2[C@H](O)[C@H]3O)O[C@H]9CO)O[C@H]8CO)O[C@H]7CO)O[C@@H]6CO)O[C@@H]5CO)O[C@@H]4CO)cc1. The smallest absolute Gasteiger partial charge is 0.335 e. The maximum Gasteiger partial charge on any atom is 0.335 e. The van der Waals surface area contributed by atoms with Crippen LogP contribution in [0, 0.1) is 0 Å². The van der Waals surface area contributed by atoms with Crippen LogP contribution in [-0.4, -0.2) is 380 Å². The quantitative estimate of drug-likeness (QED) is 0.103. The van der Waals surface area contributed by atoms with Gasteiger partial charge in [-0.3, -0.25) is 4.79 Å². The molecule has 0 aromatic heterocycles. The van der Waals surface area contributed by atoms with Crippen LogP contribution in [0.2, 0.25) is 0 Å². The highest BCUT2D eigenvalue weighted by Crippen LogP contribution is 2.39. The van der Waals surface area contributed by atoms with E-state index in [1.54, 1.807) is 0 Å². The summed E-state index contributed by atoms with van der Waals surface area (Å²) in [4.78, 5) is 24.9. The van der Waals surface area contributed by atoms with Crippen LogP contribution in [0.4, 0.5) is 0 Å². The third-order valence-electron chi connectivity index (χ3n) is 16.5. The molecule has 1 aromatic rings. The van der Waals surface area contributed by atoms with Gasteiger partial charge >= 0.3 is 5.97 Å². The van der Waals surface area contributed by atoms with Gasteiger partial charge < -0.3 is 179 Å². The Kier molecular flexibility index (Phi) is 23.1. The molecule has 21 heterocycles. The van der Waals surface area contributed by atoms with Crippen molar-refractivity contribution in [3.05, 3.63) is 35.4 Å². The number of carbonyl (C=O) groups excluding carboxylic acids is 1. The van der Waals surface area contributed by atoms with Crippen LogP contribution < -0.4 is 5.32 Å². The number of ether oxygens (including phenoxy) is 14. The van der Waals surface area contributed by atoms with Crippen LogP contribution in [0.1, 0.15) is 20.7 Å². The summed E-state index contributed by atoms with van der Waals surface area (Å²) in [7, 11) is 0. The first-order chi connectivity index (χ1) is 41.9. The monoisotopic (exact) mass is 1280 g/mol. The van der Waals surface area contributed by atoms with E-state index in [-0.39, 0.29) is 11.1 Å². The lowest BCUT2D eigenvalue weighted by Gasteiger charge is -2.50. The Bertz CT molecular complexity index is 2390. The van der Waals surface area contributed by atoms with Crippen molar-refractivity contribution in [3.63, 3.8) is 0 Å². The molecule has 21 fully saturated rings. The van der Waals surface area contributed by atoms with Crippen LogP contribution in [0.3, 0.4) is 0 Å². The number of carboxylic acids is 1. The maximum atomic E-state index is 13.4. The topological polar surface area (TPSA) is 600 Å². The van der Waals surface area contributed by atoms with Crippen LogP contribution in [0.5, 0.6) is 0 Å². The van der Waals surface area contributed by atoms with Gasteiger partial charge in [-0.2, -0.15) is 0 Å². The molecule has 502 valence electrons. The van der Waals surface area contributed by atoms with Crippen molar-refractivity contribution in [2.45, 2.75) is 215 Å². The fourth-order valence-corrected chi connectivity index (χ4v) is 11.5. The van der Waals surface area contributed by atoms with E-state index in [1.807, 2.05) is 0 Å². The molecule has 21 aliphatic heterocycles. The molecule has 22 rings (SSSR count). The molecule has 14 bridgehead atoms. The average Bonchev–Trinajstić information content (AvgIpc) is 1.96. The fraction of sp³-hybridized carbons (Fsp3) is 0.840. The first-order valence-electron chi connectivity index (χ1n) is 27.9. The predicted molar refractivity (Wildman–Crippen MR) is 267 cm³/mol. The zero-order valence-electron chi connectivity index (χ0n) is 45.9. The number of carboxylic acid groups (broad SMARTS) is 1. The van der Waals surface area contributed by atoms with E-state index in [4.69, 9.17) is 66.3 Å². The van der Waals surface area contributed by atoms with Crippen LogP contribution in [0.25, 0.3) is 0 Å². The summed E-state index contributed by atoms with van der Waals surface area (Å²) in [6, 6.07) is 4.50. The standard InChI is InChI=1S/C50H75NO37/c52-6-15-36-23(60)30(67)46(77-15)85-38-17(8-54)79-48(32(69)25(38)62)87-40-19(10-56)81-50(34(71)27(40)64)88-41-20(11-57)80-49(33(70)26(41)63)86-39-18(9-55)78-47(31(68)24(39)61)84-37-16(7-53)76-45(29(66)22(37)59)82-35-14(75-44(83-36)28(65)21(35)58)5-51-42(72)12-1-3-13(4-2-12)43(73)74/h1-4,14-41,44-50,52-71H,5-11H2,(H,51,72)(H,73,74)/t14-,15+,16-,17+,18-,19+,20-,21+,22+,23-,24+,25+,26+,27+,28+,29+,30-,31+,32-,33+,34+,35+,36+,37+,38+,39+,40+,41+,44+,45+,46+,47+,48+,49+,50+/m0/s1. The lowest BCUT2D eigenvalue weighted by molar-refractivity contribution is -0.396. The molecular weight excluding hydrogens is 1210 g/mol. The molecule has 22 N–H and O–H groups in total. The highest BCUT2D eigenvalue weighted by molar-refractivity contribution is 5.95. The van der Waals surface area contributed by atoms with Gasteiger partial charge in [0.25, 0.3) is 5.91 Å². The summed E-state index contributed by atoms with van der Waals surface area (Å²) in [5, 5.41) is 235. The number of carbonyl (C=O) groups is 2. The van der Waals surface area contributed by atoms with Gasteiger partial charge in [0.05, 0.1) is 45.2 Å². The second-order valence-electron chi connectivity index (χ2n) is 22.1. The highest BCUT2D eigenvalue weighted by Gasteiger charge is 2.59. The van der Waals surface area contributed by atoms with Gasteiger partial charge in [-0.1, -0.05) is 0 Å². The molecule has 0 spiro atoms. The van der Waals surface area contributed by atoms with E-state index >= 15 is 0 Å². The summed E-state index contributed by atoms with van der Waals surface area (Å²) in [5.74, 6) is -2.21. The van der Waals surface area contributed by atoms with Gasteiger partial charge in [-0.05, 0) is 24.3 Å². The van der Waals surface area contributed by atoms with Crippen LogP contribution in [0.15, 0.2) is 24.3 Å². The number of hydrogen-bond donors (Lipinski definition) is 22. The number of aromatic carboxylic acids is 1. The van der Waals surface area contributed by atoms with Crippen molar-refractivity contribution in [2.75, 3.05) is 46.2 Å². The Morgan fingerprint density at radius 1 is 0.284 bits per heavy atom. The van der Waals surface area contributed by atoms with E-state index < -0.39 is 273 Å². The molecular formula is C50H75NO37. The summed E-state index contributed by atoms with van der Waals surface area (Å²) in [6.07, 6.45) is -72.2. The van der Waals surface area contributed by atoms with E-state index in [9.17, 15) is 117 Å². The minimum Gasteiger partial charge on any atom is -0.478 e. The average molecular weight is 1280 g/mol. The second-order valence-corrected chi connectivity index (χ2v) is 22.1. The second kappa shape index (κ2) is 29.4. The number of aliphatic hydroxyl groups is 20. The third kappa shape index (κ3) is 13.9. The molecule has 38 nitrogen and oxygen atoms in total. The Labute approximate surface area is 496 Å². The summed E-state index contributed by atoms with van der Waals surface area (Å²) < 4.78 is 80.7. The summed E-state index contributed by atoms with van der Waals surface area (Å²) >= 11 is 0. The third-order valence-corrected chi connectivity index (χ3v) is 16.5. The van der Waals surface area contributed by atoms with Crippen molar-refractivity contribution in [1.82, 2.24) is 5.32 Å². The molecule has 21 saturated heterocycles. The maximum absolute atomic E-state index is 13.4. The number of rotatable bonds is 10. The van der Waals surface area contributed by atoms with Crippen molar-refractivity contribution < 1.29 is 183 Å². The molecule has 0 aliphatic carbocycles. The van der Waals surface area contributed by atoms with Crippen molar-refractivity contribution in [2.24, 2.45) is 0 Å². The normalized spacial score (nSPS) is 49.8. The first-order valence-corrected chi connectivity index (χ1v) is 27.9. The Balaban J connectivity index is 1.02. The fourth-order valence-electron chi connectivity index (χ4n) is 11.5. The number of amides is 1. The van der Waals surface area contributed by atoms with Crippen molar-refractivity contribution in [1.29, 1.82) is 0 Å². The molecule has 0 radical (unpaired) electrons. The summed E-state index contributed by atoms with van der Waals surface area (Å²) in [6.45, 7) is -7.26. The minimum absolute atomic E-state index is 0.115. The van der Waals surface area contributed by atoms with E-state index in [0.29, 0.717) is 0 Å². The highest BCUT2D eigenvalue weighted by atomic mass is 16.8. The Morgan fingerprint density at radius 3 is 0.659 bits per heavy atom. The van der Waals surface area contributed by atoms with Gasteiger partial charge in [0, 0.05) is 12.1 Å². The first kappa shape index (κ1) is 69.1. The molecule has 0 saturated carbocycles. The summed E-state index contributed by atoms with van der Waals surface area (Å²) in [5.41, 5.74) is -0.303. The molecule has 21 aliphatic rings. The molecule has 88 heavy (non-hydrogen) atoms. The van der Waals surface area contributed by atoms with Crippen LogP contribution >= 0.6 is 0 Å². The van der Waals surface area contributed by atoms with Gasteiger partial charge in [0.15, 0.2) is 44.0 Å². The van der Waals surface area contributed by atoms with E-state index in [2.05, 4.69) is 5.32 Å². The predicted octanol–water partition coefficient (Wildman–Crippen LogP) is -14.1. The Morgan fingerprint density at radius 2 is 0.466 bits per heavy atom. The van der Waals surface area contributed by atoms with E-state index in [0.717, 1.165) is 24.3 Å². The molecule has 1 aromatic carbocycles. The van der Waals surface area contributed by atoms with E-state index in [1.165, 1.54) is 0 Å².